The predicted molar refractivity (Wildman–Crippen MR) is 79.4 cm³/mol. The fourth-order valence-electron chi connectivity index (χ4n) is 2.70. The lowest BCUT2D eigenvalue weighted by Crippen LogP contribution is -2.48. The highest BCUT2D eigenvalue weighted by molar-refractivity contribution is 5.35. The Bertz CT molecular complexity index is 411. The van der Waals surface area contributed by atoms with Crippen LogP contribution in [-0.4, -0.2) is 47.1 Å². The van der Waals surface area contributed by atoms with E-state index in [1.807, 2.05) is 6.07 Å². The minimum Gasteiger partial charge on any atom is -0.508 e. The number of aromatic hydroxyl groups is 1. The van der Waals surface area contributed by atoms with Crippen molar-refractivity contribution in [1.82, 2.24) is 9.80 Å². The fourth-order valence-corrected chi connectivity index (χ4v) is 2.70. The van der Waals surface area contributed by atoms with Gasteiger partial charge >= 0.3 is 0 Å². The van der Waals surface area contributed by atoms with Crippen molar-refractivity contribution in [3.05, 3.63) is 29.3 Å². The van der Waals surface area contributed by atoms with Gasteiger partial charge < -0.3 is 5.11 Å². The molecule has 3 nitrogen and oxygen atoms in total. The van der Waals surface area contributed by atoms with Crippen LogP contribution in [-0.2, 0) is 6.54 Å². The summed E-state index contributed by atoms with van der Waals surface area (Å²) in [5, 5.41) is 9.91. The minimum atomic E-state index is 0.426. The number of aryl methyl sites for hydroxylation is 1. The first kappa shape index (κ1) is 14.4. The van der Waals surface area contributed by atoms with Crippen molar-refractivity contribution in [3.63, 3.8) is 0 Å². The molecule has 0 spiro atoms. The molecule has 0 saturated carbocycles. The lowest BCUT2D eigenvalue weighted by atomic mass is 10.1. The van der Waals surface area contributed by atoms with Crippen LogP contribution in [0.15, 0.2) is 18.2 Å². The van der Waals surface area contributed by atoms with Crippen LogP contribution < -0.4 is 0 Å². The summed E-state index contributed by atoms with van der Waals surface area (Å²) in [5.41, 5.74) is 2.27. The summed E-state index contributed by atoms with van der Waals surface area (Å²) >= 11 is 0. The second-order valence-corrected chi connectivity index (χ2v) is 5.70. The molecule has 0 aliphatic carbocycles. The zero-order chi connectivity index (χ0) is 13.8. The van der Waals surface area contributed by atoms with Gasteiger partial charge in [0.2, 0.25) is 0 Å². The van der Waals surface area contributed by atoms with Gasteiger partial charge in [0, 0.05) is 44.3 Å². The zero-order valence-corrected chi connectivity index (χ0v) is 12.4. The van der Waals surface area contributed by atoms with Crippen LogP contribution in [0.3, 0.4) is 0 Å². The average molecular weight is 262 g/mol. The van der Waals surface area contributed by atoms with Gasteiger partial charge in [-0.25, -0.2) is 0 Å². The van der Waals surface area contributed by atoms with Gasteiger partial charge in [-0.15, -0.1) is 0 Å². The summed E-state index contributed by atoms with van der Waals surface area (Å²) in [6, 6.07) is 6.55. The van der Waals surface area contributed by atoms with Crippen molar-refractivity contribution in [3.8, 4) is 5.75 Å². The summed E-state index contributed by atoms with van der Waals surface area (Å²) in [5.74, 6) is 0.426. The molecule has 0 aromatic heterocycles. The maximum atomic E-state index is 9.91. The third-order valence-corrected chi connectivity index (χ3v) is 4.25. The molecule has 1 N–H and O–H groups in total. The number of hydrogen-bond donors (Lipinski definition) is 1. The Morgan fingerprint density at radius 3 is 2.53 bits per heavy atom. The van der Waals surface area contributed by atoms with Crippen LogP contribution in [0.5, 0.6) is 5.75 Å². The minimum absolute atomic E-state index is 0.426. The molecule has 3 heteroatoms. The molecular formula is C16H26N2O. The van der Waals surface area contributed by atoms with Crippen LogP contribution in [0.1, 0.15) is 31.4 Å². The van der Waals surface area contributed by atoms with Crippen molar-refractivity contribution in [2.24, 2.45) is 0 Å². The molecule has 0 radical (unpaired) electrons. The van der Waals surface area contributed by atoms with Crippen molar-refractivity contribution in [2.75, 3.05) is 26.2 Å². The Kier molecular flexibility index (Phi) is 4.83. The molecule has 0 bridgehead atoms. The number of nitrogens with zero attached hydrogens (tertiary/aromatic N) is 2. The Hall–Kier alpha value is -1.06. The first-order chi connectivity index (χ1) is 9.10. The van der Waals surface area contributed by atoms with E-state index in [0.717, 1.165) is 38.3 Å². The van der Waals surface area contributed by atoms with Crippen LogP contribution >= 0.6 is 0 Å². The van der Waals surface area contributed by atoms with Crippen molar-refractivity contribution < 1.29 is 5.11 Å². The largest absolute Gasteiger partial charge is 0.508 e. The molecule has 1 unspecified atom stereocenters. The number of hydrogen-bond acceptors (Lipinski definition) is 3. The number of phenols is 1. The second-order valence-electron chi connectivity index (χ2n) is 5.70. The summed E-state index contributed by atoms with van der Waals surface area (Å²) in [6.45, 7) is 12.0. The molecular weight excluding hydrogens is 236 g/mol. The Balaban J connectivity index is 1.90. The normalized spacial score (nSPS) is 19.5. The predicted octanol–water partition coefficient (Wildman–Crippen LogP) is 2.62. The highest BCUT2D eigenvalue weighted by Gasteiger charge is 2.20. The standard InChI is InChI=1S/C16H26N2O/c1-4-14(3)18-9-7-17(8-10-18)12-15-11-13(2)5-6-16(15)19/h5-6,11,14,19H,4,7-10,12H2,1-3H3. The zero-order valence-electron chi connectivity index (χ0n) is 12.4. The van der Waals surface area contributed by atoms with E-state index in [4.69, 9.17) is 0 Å². The van der Waals surface area contributed by atoms with Crippen LogP contribution in [0, 0.1) is 6.92 Å². The molecule has 1 aromatic carbocycles. The topological polar surface area (TPSA) is 26.7 Å². The number of rotatable bonds is 4. The second kappa shape index (κ2) is 6.40. The first-order valence-corrected chi connectivity index (χ1v) is 7.35. The van der Waals surface area contributed by atoms with E-state index in [9.17, 15) is 5.11 Å². The monoisotopic (exact) mass is 262 g/mol. The fraction of sp³-hybridized carbons (Fsp3) is 0.625. The molecule has 1 aromatic rings. The van der Waals surface area contributed by atoms with E-state index < -0.39 is 0 Å². The quantitative estimate of drug-likeness (QED) is 0.903. The molecule has 2 rings (SSSR count). The highest BCUT2D eigenvalue weighted by Crippen LogP contribution is 2.21. The molecule has 19 heavy (non-hydrogen) atoms. The molecule has 1 aliphatic heterocycles. The van der Waals surface area contributed by atoms with Gasteiger partial charge in [0.15, 0.2) is 0 Å². The van der Waals surface area contributed by atoms with Crippen LogP contribution in [0.2, 0.25) is 0 Å². The van der Waals surface area contributed by atoms with Crippen molar-refractivity contribution in [2.45, 2.75) is 39.8 Å². The maximum Gasteiger partial charge on any atom is 0.120 e. The van der Waals surface area contributed by atoms with E-state index in [2.05, 4.69) is 36.6 Å². The van der Waals surface area contributed by atoms with E-state index in [1.54, 1.807) is 6.07 Å². The SMILES string of the molecule is CCC(C)N1CCN(Cc2cc(C)ccc2O)CC1. The summed E-state index contributed by atoms with van der Waals surface area (Å²) in [4.78, 5) is 5.00. The number of phenolic OH excluding ortho intramolecular Hbond substituents is 1. The Labute approximate surface area is 116 Å². The number of benzene rings is 1. The van der Waals surface area contributed by atoms with Crippen molar-refractivity contribution >= 4 is 0 Å². The molecule has 1 heterocycles. The average Bonchev–Trinajstić information content (AvgIpc) is 2.43. The van der Waals surface area contributed by atoms with Gasteiger partial charge in [-0.1, -0.05) is 24.6 Å². The lowest BCUT2D eigenvalue weighted by Gasteiger charge is -2.37. The van der Waals surface area contributed by atoms with Gasteiger partial charge in [-0.2, -0.15) is 0 Å². The maximum absolute atomic E-state index is 9.91. The number of piperazine rings is 1. The van der Waals surface area contributed by atoms with E-state index in [0.29, 0.717) is 11.8 Å². The molecule has 1 fully saturated rings. The Morgan fingerprint density at radius 1 is 1.21 bits per heavy atom. The van der Waals surface area contributed by atoms with Crippen molar-refractivity contribution in [1.29, 1.82) is 0 Å². The molecule has 1 saturated heterocycles. The summed E-state index contributed by atoms with van der Waals surface area (Å²) in [7, 11) is 0. The van der Waals surface area contributed by atoms with Gasteiger partial charge in [0.1, 0.15) is 5.75 Å². The Morgan fingerprint density at radius 2 is 1.89 bits per heavy atom. The summed E-state index contributed by atoms with van der Waals surface area (Å²) in [6.07, 6.45) is 1.22. The lowest BCUT2D eigenvalue weighted by molar-refractivity contribution is 0.0958. The van der Waals surface area contributed by atoms with Crippen LogP contribution in [0.4, 0.5) is 0 Å². The molecule has 0 amide bonds. The van der Waals surface area contributed by atoms with E-state index in [-0.39, 0.29) is 0 Å². The summed E-state index contributed by atoms with van der Waals surface area (Å²) < 4.78 is 0. The van der Waals surface area contributed by atoms with Gasteiger partial charge in [-0.3, -0.25) is 9.80 Å². The third kappa shape index (κ3) is 3.71. The van der Waals surface area contributed by atoms with E-state index >= 15 is 0 Å². The molecule has 106 valence electrons. The van der Waals surface area contributed by atoms with Gasteiger partial charge in [0.25, 0.3) is 0 Å². The van der Waals surface area contributed by atoms with Gasteiger partial charge in [0.05, 0.1) is 0 Å². The first-order valence-electron chi connectivity index (χ1n) is 7.35. The third-order valence-electron chi connectivity index (χ3n) is 4.25. The highest BCUT2D eigenvalue weighted by atomic mass is 16.3. The smallest absolute Gasteiger partial charge is 0.120 e. The molecule has 1 atom stereocenters. The molecule has 1 aliphatic rings. The van der Waals surface area contributed by atoms with Crippen LogP contribution in [0.25, 0.3) is 0 Å². The van der Waals surface area contributed by atoms with Gasteiger partial charge in [-0.05, 0) is 26.3 Å². The van der Waals surface area contributed by atoms with E-state index in [1.165, 1.54) is 12.0 Å².